The van der Waals surface area contributed by atoms with Crippen LogP contribution in [0.1, 0.15) is 6.42 Å². The first-order chi connectivity index (χ1) is 9.94. The van der Waals surface area contributed by atoms with Crippen molar-refractivity contribution in [2.45, 2.75) is 23.0 Å². The summed E-state index contributed by atoms with van der Waals surface area (Å²) >= 11 is 1.22. The van der Waals surface area contributed by atoms with E-state index in [1.807, 2.05) is 28.8 Å². The summed E-state index contributed by atoms with van der Waals surface area (Å²) in [7, 11) is 0. The smallest absolute Gasteiger partial charge is 0.333 e. The van der Waals surface area contributed by atoms with E-state index < -0.39 is 23.9 Å². The van der Waals surface area contributed by atoms with Crippen LogP contribution in [-0.4, -0.2) is 44.7 Å². The van der Waals surface area contributed by atoms with Crippen LogP contribution < -0.4 is 0 Å². The molecule has 1 atom stereocenters. The van der Waals surface area contributed by atoms with Gasteiger partial charge in [0.05, 0.1) is 17.0 Å². The zero-order chi connectivity index (χ0) is 15.0. The number of halogens is 3. The number of nitrogens with zero attached hydrogens (tertiary/aromatic N) is 3. The molecule has 0 radical (unpaired) electrons. The fraction of sp³-hybridized carbons (Fsp3) is 0.385. The van der Waals surface area contributed by atoms with Gasteiger partial charge < -0.3 is 4.90 Å². The van der Waals surface area contributed by atoms with Crippen LogP contribution in [0.2, 0.25) is 0 Å². The molecule has 2 aromatic rings. The third-order valence-electron chi connectivity index (χ3n) is 3.27. The number of hydrogen-bond acceptors (Lipinski definition) is 3. The number of alkyl halides is 3. The molecule has 0 saturated carbocycles. The molecular formula is C13H12F3N3OS. The Labute approximate surface area is 122 Å². The molecular weight excluding hydrogens is 303 g/mol. The van der Waals surface area contributed by atoms with Crippen LogP contribution in [0.15, 0.2) is 35.7 Å². The molecule has 1 fully saturated rings. The lowest BCUT2D eigenvalue weighted by atomic mass is 10.4. The molecule has 0 N–H and O–H groups in total. The highest BCUT2D eigenvalue weighted by Gasteiger charge is 2.40. The summed E-state index contributed by atoms with van der Waals surface area (Å²) < 4.78 is 39.0. The van der Waals surface area contributed by atoms with Crippen LogP contribution in [-0.2, 0) is 4.79 Å². The predicted molar refractivity (Wildman–Crippen MR) is 72.1 cm³/mol. The molecule has 0 aliphatic carbocycles. The van der Waals surface area contributed by atoms with Gasteiger partial charge in [-0.25, -0.2) is 4.98 Å². The minimum Gasteiger partial charge on any atom is -0.333 e. The number of imidazole rings is 1. The minimum absolute atomic E-state index is 0.138. The molecule has 1 saturated heterocycles. The van der Waals surface area contributed by atoms with Gasteiger partial charge in [-0.2, -0.15) is 13.2 Å². The van der Waals surface area contributed by atoms with E-state index in [1.165, 1.54) is 11.8 Å². The van der Waals surface area contributed by atoms with Crippen LogP contribution in [0.4, 0.5) is 13.2 Å². The fourth-order valence-electron chi connectivity index (χ4n) is 2.33. The summed E-state index contributed by atoms with van der Waals surface area (Å²) in [6.07, 6.45) is -0.455. The Bertz CT molecular complexity index is 670. The summed E-state index contributed by atoms with van der Waals surface area (Å²) in [4.78, 5) is 17.1. The second-order valence-corrected chi connectivity index (χ2v) is 5.98. The first-order valence-corrected chi connectivity index (χ1v) is 7.26. The van der Waals surface area contributed by atoms with Crippen molar-refractivity contribution in [2.75, 3.05) is 13.1 Å². The van der Waals surface area contributed by atoms with Gasteiger partial charge >= 0.3 is 6.18 Å². The number of aromatic nitrogens is 2. The van der Waals surface area contributed by atoms with Crippen molar-refractivity contribution < 1.29 is 18.0 Å². The summed E-state index contributed by atoms with van der Waals surface area (Å²) in [6.45, 7) is -1.04. The molecule has 1 aliphatic heterocycles. The molecule has 8 heteroatoms. The zero-order valence-corrected chi connectivity index (χ0v) is 11.7. The number of pyridine rings is 1. The van der Waals surface area contributed by atoms with Crippen LogP contribution in [0.3, 0.4) is 0 Å². The Morgan fingerprint density at radius 3 is 2.95 bits per heavy atom. The third kappa shape index (κ3) is 2.99. The number of carbonyl (C=O) groups is 1. The number of amides is 1. The van der Waals surface area contributed by atoms with E-state index in [2.05, 4.69) is 4.98 Å². The number of thioether (sulfide) groups is 1. The highest BCUT2D eigenvalue weighted by Crippen LogP contribution is 2.31. The van der Waals surface area contributed by atoms with E-state index in [4.69, 9.17) is 0 Å². The number of fused-ring (bicyclic) bond motifs is 1. The average Bonchev–Trinajstić information content (AvgIpc) is 2.96. The van der Waals surface area contributed by atoms with Crippen molar-refractivity contribution in [1.82, 2.24) is 14.3 Å². The van der Waals surface area contributed by atoms with E-state index in [9.17, 15) is 18.0 Å². The lowest BCUT2D eigenvalue weighted by molar-refractivity contribution is -0.157. The van der Waals surface area contributed by atoms with Gasteiger partial charge in [0.15, 0.2) is 5.16 Å². The Balaban J connectivity index is 1.73. The van der Waals surface area contributed by atoms with Crippen LogP contribution in [0, 0.1) is 0 Å². The Hall–Kier alpha value is -1.70. The highest BCUT2D eigenvalue weighted by atomic mass is 32.2. The monoisotopic (exact) mass is 315 g/mol. The Morgan fingerprint density at radius 2 is 2.19 bits per heavy atom. The largest absolute Gasteiger partial charge is 0.406 e. The second kappa shape index (κ2) is 5.25. The van der Waals surface area contributed by atoms with Gasteiger partial charge in [0.1, 0.15) is 6.54 Å². The first-order valence-electron chi connectivity index (χ1n) is 6.38. The van der Waals surface area contributed by atoms with Gasteiger partial charge in [-0.15, -0.1) is 0 Å². The van der Waals surface area contributed by atoms with E-state index in [0.717, 1.165) is 10.4 Å². The molecule has 3 heterocycles. The molecule has 3 rings (SSSR count). The lowest BCUT2D eigenvalue weighted by Crippen LogP contribution is -2.36. The SMILES string of the molecule is O=C1[C@H](Sc2ncc3ccccn23)CCN1CC(F)(F)F. The normalized spacial score (nSPS) is 19.7. The molecule has 0 aromatic carbocycles. The van der Waals surface area contributed by atoms with Gasteiger partial charge in [0, 0.05) is 12.7 Å². The summed E-state index contributed by atoms with van der Waals surface area (Å²) in [5.74, 6) is -0.468. The van der Waals surface area contributed by atoms with Crippen molar-refractivity contribution in [2.24, 2.45) is 0 Å². The fourth-order valence-corrected chi connectivity index (χ4v) is 3.45. The Kier molecular flexibility index (Phi) is 3.56. The topological polar surface area (TPSA) is 37.6 Å². The number of hydrogen-bond donors (Lipinski definition) is 0. The van der Waals surface area contributed by atoms with Crippen molar-refractivity contribution in [3.05, 3.63) is 30.6 Å². The van der Waals surface area contributed by atoms with Gasteiger partial charge in [0.2, 0.25) is 5.91 Å². The minimum atomic E-state index is -4.35. The van der Waals surface area contributed by atoms with Crippen molar-refractivity contribution >= 4 is 23.2 Å². The van der Waals surface area contributed by atoms with Gasteiger partial charge in [-0.3, -0.25) is 9.20 Å². The average molecular weight is 315 g/mol. The van der Waals surface area contributed by atoms with E-state index in [0.29, 0.717) is 11.6 Å². The van der Waals surface area contributed by atoms with Crippen LogP contribution >= 0.6 is 11.8 Å². The van der Waals surface area contributed by atoms with E-state index in [1.54, 1.807) is 6.20 Å². The molecule has 4 nitrogen and oxygen atoms in total. The van der Waals surface area contributed by atoms with Crippen LogP contribution in [0.5, 0.6) is 0 Å². The maximum atomic E-state index is 12.4. The second-order valence-electron chi connectivity index (χ2n) is 4.81. The molecule has 21 heavy (non-hydrogen) atoms. The Morgan fingerprint density at radius 1 is 1.38 bits per heavy atom. The van der Waals surface area contributed by atoms with Crippen molar-refractivity contribution in [3.8, 4) is 0 Å². The first kappa shape index (κ1) is 14.2. The van der Waals surface area contributed by atoms with E-state index in [-0.39, 0.29) is 6.54 Å². The molecule has 112 valence electrons. The lowest BCUT2D eigenvalue weighted by Gasteiger charge is -2.18. The molecule has 2 aromatic heterocycles. The standard InChI is InChI=1S/C13H12F3N3OS/c14-13(15,16)8-18-6-4-10(11(18)20)21-12-17-7-9-3-1-2-5-19(9)12/h1-3,5,7,10H,4,6,8H2/t10-/m1/s1. The number of rotatable bonds is 3. The van der Waals surface area contributed by atoms with Gasteiger partial charge in [0.25, 0.3) is 0 Å². The van der Waals surface area contributed by atoms with Gasteiger partial charge in [-0.05, 0) is 18.6 Å². The molecule has 0 spiro atoms. The summed E-state index contributed by atoms with van der Waals surface area (Å²) in [5, 5.41) is 0.121. The van der Waals surface area contributed by atoms with Crippen molar-refractivity contribution in [1.29, 1.82) is 0 Å². The van der Waals surface area contributed by atoms with E-state index >= 15 is 0 Å². The predicted octanol–water partition coefficient (Wildman–Crippen LogP) is 2.59. The van der Waals surface area contributed by atoms with Crippen molar-refractivity contribution in [3.63, 3.8) is 0 Å². The number of carbonyl (C=O) groups excluding carboxylic acids is 1. The third-order valence-corrected chi connectivity index (χ3v) is 4.51. The quantitative estimate of drug-likeness (QED) is 0.874. The molecule has 0 unspecified atom stereocenters. The number of likely N-dealkylation sites (tertiary alicyclic amines) is 1. The summed E-state index contributed by atoms with van der Waals surface area (Å²) in [5.41, 5.74) is 0.887. The zero-order valence-electron chi connectivity index (χ0n) is 10.9. The molecule has 1 amide bonds. The maximum Gasteiger partial charge on any atom is 0.406 e. The highest BCUT2D eigenvalue weighted by molar-refractivity contribution is 8.00. The van der Waals surface area contributed by atoms with Crippen LogP contribution in [0.25, 0.3) is 5.52 Å². The molecule has 1 aliphatic rings. The summed E-state index contributed by atoms with van der Waals surface area (Å²) in [6, 6.07) is 5.59. The van der Waals surface area contributed by atoms with Gasteiger partial charge in [-0.1, -0.05) is 17.8 Å². The molecule has 0 bridgehead atoms. The maximum absolute atomic E-state index is 12.4.